The Kier molecular flexibility index (Phi) is 3.17. The summed E-state index contributed by atoms with van der Waals surface area (Å²) >= 11 is 5.94. The van der Waals surface area contributed by atoms with Gasteiger partial charge in [0.1, 0.15) is 5.58 Å². The second-order valence-electron chi connectivity index (χ2n) is 5.46. The summed E-state index contributed by atoms with van der Waals surface area (Å²) in [4.78, 5) is 23.3. The topological polar surface area (TPSA) is 79.5 Å². The summed E-state index contributed by atoms with van der Waals surface area (Å²) in [5, 5.41) is 13.1. The molecule has 0 aliphatic heterocycles. The molecule has 1 aliphatic carbocycles. The molecule has 5 nitrogen and oxygen atoms in total. The van der Waals surface area contributed by atoms with Gasteiger partial charge in [-0.15, -0.1) is 0 Å². The van der Waals surface area contributed by atoms with Crippen LogP contribution in [-0.4, -0.2) is 23.5 Å². The van der Waals surface area contributed by atoms with E-state index in [-0.39, 0.29) is 12.3 Å². The first-order valence-corrected chi connectivity index (χ1v) is 7.01. The number of hydrogen-bond donors (Lipinski definition) is 2. The van der Waals surface area contributed by atoms with Gasteiger partial charge in [0.15, 0.2) is 5.76 Å². The van der Waals surface area contributed by atoms with Crippen molar-refractivity contribution in [1.29, 1.82) is 0 Å². The maximum Gasteiger partial charge on any atom is 0.311 e. The number of aliphatic carboxylic acids is 1. The standard InChI is InChI=1S/C15H14ClNO4/c1-8-10-6-9(16)2-3-11(10)21-12(8)13(18)17-7-15(4-5-15)14(19)20/h2-3,6H,4-5,7H2,1H3,(H,17,18)(H,19,20). The zero-order chi connectivity index (χ0) is 15.2. The van der Waals surface area contributed by atoms with E-state index in [1.54, 1.807) is 25.1 Å². The van der Waals surface area contributed by atoms with Crippen molar-refractivity contribution in [3.8, 4) is 0 Å². The lowest BCUT2D eigenvalue weighted by Crippen LogP contribution is -2.34. The van der Waals surface area contributed by atoms with Gasteiger partial charge in [-0.05, 0) is 38.0 Å². The fraction of sp³-hybridized carbons (Fsp3) is 0.333. The molecule has 3 rings (SSSR count). The van der Waals surface area contributed by atoms with Gasteiger partial charge in [0, 0.05) is 22.5 Å². The van der Waals surface area contributed by atoms with Crippen molar-refractivity contribution in [3.05, 3.63) is 34.5 Å². The van der Waals surface area contributed by atoms with E-state index >= 15 is 0 Å². The predicted octanol–water partition coefficient (Wildman–Crippen LogP) is 2.99. The highest BCUT2D eigenvalue weighted by Crippen LogP contribution is 2.45. The average Bonchev–Trinajstić information content (AvgIpc) is 3.18. The van der Waals surface area contributed by atoms with Gasteiger partial charge in [0.25, 0.3) is 5.91 Å². The second kappa shape index (κ2) is 4.77. The molecule has 1 aromatic heterocycles. The molecule has 1 fully saturated rings. The van der Waals surface area contributed by atoms with Gasteiger partial charge in [-0.1, -0.05) is 11.6 Å². The molecule has 1 heterocycles. The normalized spacial score (nSPS) is 15.9. The van der Waals surface area contributed by atoms with Crippen molar-refractivity contribution < 1.29 is 19.1 Å². The van der Waals surface area contributed by atoms with Gasteiger partial charge in [0.05, 0.1) is 5.41 Å². The number of benzene rings is 1. The average molecular weight is 308 g/mol. The van der Waals surface area contributed by atoms with Crippen LogP contribution in [0.25, 0.3) is 11.0 Å². The molecule has 1 amide bonds. The Morgan fingerprint density at radius 3 is 2.76 bits per heavy atom. The molecule has 6 heteroatoms. The lowest BCUT2D eigenvalue weighted by Gasteiger charge is -2.10. The first-order valence-electron chi connectivity index (χ1n) is 6.63. The van der Waals surface area contributed by atoms with E-state index in [0.29, 0.717) is 29.0 Å². The van der Waals surface area contributed by atoms with Gasteiger partial charge in [-0.2, -0.15) is 0 Å². The minimum absolute atomic E-state index is 0.123. The highest BCUT2D eigenvalue weighted by Gasteiger charge is 2.50. The molecule has 1 aromatic carbocycles. The lowest BCUT2D eigenvalue weighted by molar-refractivity contribution is -0.143. The molecule has 2 N–H and O–H groups in total. The van der Waals surface area contributed by atoms with Gasteiger partial charge < -0.3 is 14.8 Å². The number of carbonyl (C=O) groups excluding carboxylic acids is 1. The fourth-order valence-electron chi connectivity index (χ4n) is 2.36. The number of carboxylic acid groups (broad SMARTS) is 1. The molecular formula is C15H14ClNO4. The van der Waals surface area contributed by atoms with Crippen LogP contribution >= 0.6 is 11.6 Å². The molecular weight excluding hydrogens is 294 g/mol. The number of carbonyl (C=O) groups is 2. The molecule has 0 bridgehead atoms. The second-order valence-corrected chi connectivity index (χ2v) is 5.90. The minimum Gasteiger partial charge on any atom is -0.481 e. The summed E-state index contributed by atoms with van der Waals surface area (Å²) in [5.74, 6) is -1.06. The summed E-state index contributed by atoms with van der Waals surface area (Å²) in [6.45, 7) is 1.90. The number of nitrogens with one attached hydrogen (secondary N) is 1. The number of rotatable bonds is 4. The van der Waals surface area contributed by atoms with Crippen LogP contribution in [0.4, 0.5) is 0 Å². The largest absolute Gasteiger partial charge is 0.481 e. The van der Waals surface area contributed by atoms with E-state index in [1.165, 1.54) is 0 Å². The molecule has 1 saturated carbocycles. The van der Waals surface area contributed by atoms with Crippen LogP contribution in [0.3, 0.4) is 0 Å². The monoisotopic (exact) mass is 307 g/mol. The SMILES string of the molecule is Cc1c(C(=O)NCC2(C(=O)O)CC2)oc2ccc(Cl)cc12. The molecule has 0 radical (unpaired) electrons. The Bertz CT molecular complexity index is 745. The number of furan rings is 1. The molecule has 110 valence electrons. The lowest BCUT2D eigenvalue weighted by atomic mass is 10.1. The van der Waals surface area contributed by atoms with E-state index in [9.17, 15) is 9.59 Å². The van der Waals surface area contributed by atoms with Crippen molar-refractivity contribution in [1.82, 2.24) is 5.32 Å². The highest BCUT2D eigenvalue weighted by molar-refractivity contribution is 6.31. The number of hydrogen-bond acceptors (Lipinski definition) is 3. The van der Waals surface area contributed by atoms with Gasteiger partial charge in [-0.3, -0.25) is 9.59 Å². The van der Waals surface area contributed by atoms with Crippen LogP contribution < -0.4 is 5.32 Å². The highest BCUT2D eigenvalue weighted by atomic mass is 35.5. The van der Waals surface area contributed by atoms with Crippen molar-refractivity contribution >= 4 is 34.4 Å². The third-order valence-electron chi connectivity index (χ3n) is 4.00. The van der Waals surface area contributed by atoms with E-state index in [2.05, 4.69) is 5.32 Å². The van der Waals surface area contributed by atoms with E-state index in [4.69, 9.17) is 21.1 Å². The van der Waals surface area contributed by atoms with Crippen LogP contribution in [-0.2, 0) is 4.79 Å². The Balaban J connectivity index is 1.82. The molecule has 21 heavy (non-hydrogen) atoms. The summed E-state index contributed by atoms with van der Waals surface area (Å²) in [7, 11) is 0. The summed E-state index contributed by atoms with van der Waals surface area (Å²) in [5.41, 5.74) is 0.491. The first kappa shape index (κ1) is 13.9. The maximum atomic E-state index is 12.2. The molecule has 2 aromatic rings. The molecule has 0 atom stereocenters. The Morgan fingerprint density at radius 1 is 1.43 bits per heavy atom. The van der Waals surface area contributed by atoms with Gasteiger partial charge in [-0.25, -0.2) is 0 Å². The summed E-state index contributed by atoms with van der Waals surface area (Å²) in [6.07, 6.45) is 1.19. The number of fused-ring (bicyclic) bond motifs is 1. The van der Waals surface area contributed by atoms with Crippen molar-refractivity contribution in [2.75, 3.05) is 6.54 Å². The van der Waals surface area contributed by atoms with Crippen molar-refractivity contribution in [2.45, 2.75) is 19.8 Å². The van der Waals surface area contributed by atoms with E-state index < -0.39 is 17.3 Å². The number of carboxylic acids is 1. The van der Waals surface area contributed by atoms with E-state index in [1.807, 2.05) is 0 Å². The van der Waals surface area contributed by atoms with E-state index in [0.717, 1.165) is 5.39 Å². The van der Waals surface area contributed by atoms with Gasteiger partial charge in [0.2, 0.25) is 0 Å². The zero-order valence-electron chi connectivity index (χ0n) is 11.4. The number of aryl methyl sites for hydroxylation is 1. The Hall–Kier alpha value is -2.01. The Morgan fingerprint density at radius 2 is 2.14 bits per heavy atom. The summed E-state index contributed by atoms with van der Waals surface area (Å²) < 4.78 is 5.54. The molecule has 0 saturated heterocycles. The number of amides is 1. The smallest absolute Gasteiger partial charge is 0.311 e. The maximum absolute atomic E-state index is 12.2. The minimum atomic E-state index is -0.865. The fourth-order valence-corrected chi connectivity index (χ4v) is 2.53. The predicted molar refractivity (Wildman–Crippen MR) is 77.6 cm³/mol. The third kappa shape index (κ3) is 2.38. The van der Waals surface area contributed by atoms with Crippen LogP contribution in [0.5, 0.6) is 0 Å². The molecule has 1 aliphatic rings. The first-order chi connectivity index (χ1) is 9.93. The van der Waals surface area contributed by atoms with Crippen LogP contribution in [0.2, 0.25) is 5.02 Å². The van der Waals surface area contributed by atoms with Crippen LogP contribution in [0.1, 0.15) is 29.0 Å². The molecule has 0 spiro atoms. The quantitative estimate of drug-likeness (QED) is 0.910. The number of halogens is 1. The van der Waals surface area contributed by atoms with Crippen molar-refractivity contribution in [3.63, 3.8) is 0 Å². The Labute approximate surface area is 125 Å². The van der Waals surface area contributed by atoms with Gasteiger partial charge >= 0.3 is 5.97 Å². The van der Waals surface area contributed by atoms with Crippen LogP contribution in [0.15, 0.2) is 22.6 Å². The summed E-state index contributed by atoms with van der Waals surface area (Å²) in [6, 6.07) is 5.14. The van der Waals surface area contributed by atoms with Crippen molar-refractivity contribution in [2.24, 2.45) is 5.41 Å². The third-order valence-corrected chi connectivity index (χ3v) is 4.23. The zero-order valence-corrected chi connectivity index (χ0v) is 12.2. The van der Waals surface area contributed by atoms with Crippen LogP contribution in [0, 0.1) is 12.3 Å². The molecule has 0 unspecified atom stereocenters.